The molecule has 0 radical (unpaired) electrons. The highest BCUT2D eigenvalue weighted by atomic mass is 31.2. The number of carbonyl (C=O) groups excluding carboxylic acids is 2. The van der Waals surface area contributed by atoms with Crippen molar-refractivity contribution in [2.45, 2.75) is 199 Å². The number of unbranched alkanes of at least 4 members (excludes halogenated alkanes) is 20. The maximum Gasteiger partial charge on any atom is 0.472 e. The molecule has 55 heavy (non-hydrogen) atoms. The number of phosphoric acid groups is 1. The summed E-state index contributed by atoms with van der Waals surface area (Å²) in [6.07, 6.45) is 40.7. The molecule has 0 amide bonds. The topological polar surface area (TPSA) is 172 Å². The number of ether oxygens (including phenoxy) is 2. The summed E-state index contributed by atoms with van der Waals surface area (Å²) >= 11 is 0. The van der Waals surface area contributed by atoms with Crippen LogP contribution in [0.2, 0.25) is 0 Å². The zero-order valence-corrected chi connectivity index (χ0v) is 35.4. The minimum atomic E-state index is -4.73. The number of aliphatic carboxylic acids is 1. The average Bonchev–Trinajstić information content (AvgIpc) is 3.16. The predicted molar refractivity (Wildman–Crippen MR) is 222 cm³/mol. The lowest BCUT2D eigenvalue weighted by Gasteiger charge is -2.20. The van der Waals surface area contributed by atoms with Crippen LogP contribution in [0.4, 0.5) is 0 Å². The van der Waals surface area contributed by atoms with E-state index in [1.807, 2.05) is 12.2 Å². The summed E-state index contributed by atoms with van der Waals surface area (Å²) in [6, 6.07) is -1.53. The molecule has 0 aliphatic carbocycles. The first-order valence-corrected chi connectivity index (χ1v) is 23.0. The van der Waals surface area contributed by atoms with Gasteiger partial charge in [0, 0.05) is 12.8 Å². The van der Waals surface area contributed by atoms with Gasteiger partial charge in [-0.1, -0.05) is 166 Å². The Labute approximate surface area is 333 Å². The quantitative estimate of drug-likeness (QED) is 0.0233. The van der Waals surface area contributed by atoms with Crippen LogP contribution in [0.5, 0.6) is 0 Å². The summed E-state index contributed by atoms with van der Waals surface area (Å²) in [5, 5.41) is 8.88. The zero-order valence-electron chi connectivity index (χ0n) is 34.5. The van der Waals surface area contributed by atoms with Crippen LogP contribution in [0.3, 0.4) is 0 Å². The molecule has 0 bridgehead atoms. The molecule has 320 valence electrons. The third-order valence-electron chi connectivity index (χ3n) is 9.14. The highest BCUT2D eigenvalue weighted by Gasteiger charge is 2.28. The number of esters is 2. The van der Waals surface area contributed by atoms with E-state index in [9.17, 15) is 23.8 Å². The zero-order chi connectivity index (χ0) is 40.7. The molecule has 12 heteroatoms. The fourth-order valence-electron chi connectivity index (χ4n) is 5.73. The van der Waals surface area contributed by atoms with Crippen LogP contribution in [-0.2, 0) is 37.5 Å². The van der Waals surface area contributed by atoms with Gasteiger partial charge in [0.25, 0.3) is 0 Å². The van der Waals surface area contributed by atoms with Crippen molar-refractivity contribution in [2.75, 3.05) is 19.8 Å². The molecule has 0 fully saturated rings. The van der Waals surface area contributed by atoms with E-state index >= 15 is 0 Å². The van der Waals surface area contributed by atoms with Crippen molar-refractivity contribution in [1.82, 2.24) is 0 Å². The Balaban J connectivity index is 4.45. The first kappa shape index (κ1) is 52.7. The number of hydrogen-bond acceptors (Lipinski definition) is 9. The summed E-state index contributed by atoms with van der Waals surface area (Å²) in [6.45, 7) is 2.75. The van der Waals surface area contributed by atoms with Gasteiger partial charge in [0.2, 0.25) is 0 Å². The fourth-order valence-corrected chi connectivity index (χ4v) is 6.51. The molecule has 4 N–H and O–H groups in total. The number of phosphoric ester groups is 1. The first-order valence-electron chi connectivity index (χ1n) is 21.5. The van der Waals surface area contributed by atoms with E-state index in [0.29, 0.717) is 19.3 Å². The van der Waals surface area contributed by atoms with Gasteiger partial charge in [0.15, 0.2) is 6.10 Å². The van der Waals surface area contributed by atoms with Gasteiger partial charge in [-0.15, -0.1) is 0 Å². The van der Waals surface area contributed by atoms with E-state index < -0.39 is 51.1 Å². The molecular weight excluding hydrogens is 721 g/mol. The third kappa shape index (κ3) is 38.4. The third-order valence-corrected chi connectivity index (χ3v) is 10.1. The SMILES string of the molecule is CCCCCCCC/C=C/C/C=C/C/C=C/CCCC(=O)O[C@H](COC(=O)CCCCCCCCCCCCCCCC)COP(=O)(O)OC[C@H](N)C(=O)O. The van der Waals surface area contributed by atoms with Gasteiger partial charge in [-0.3, -0.25) is 23.4 Å². The van der Waals surface area contributed by atoms with Gasteiger partial charge >= 0.3 is 25.7 Å². The van der Waals surface area contributed by atoms with Crippen molar-refractivity contribution < 1.29 is 47.5 Å². The molecular formula is C43H78NO10P. The minimum Gasteiger partial charge on any atom is -0.480 e. The van der Waals surface area contributed by atoms with Crippen molar-refractivity contribution in [3.8, 4) is 0 Å². The summed E-state index contributed by atoms with van der Waals surface area (Å²) < 4.78 is 32.6. The van der Waals surface area contributed by atoms with Crippen LogP contribution >= 0.6 is 7.82 Å². The largest absolute Gasteiger partial charge is 0.480 e. The Morgan fingerprint density at radius 2 is 0.982 bits per heavy atom. The molecule has 0 aromatic rings. The smallest absolute Gasteiger partial charge is 0.472 e. The number of nitrogens with two attached hydrogens (primary N) is 1. The standard InChI is InChI=1S/C43H78NO10P/c1-3-5-7-9-11-13-15-17-19-20-21-23-25-27-29-31-33-35-42(46)54-39(37-52-55(49,50)53-38-40(44)43(47)48)36-51-41(45)34-32-30-28-26-24-22-18-16-14-12-10-8-6-4-2/h17,19,21,23,27,29,39-40H,3-16,18,20,22,24-26,28,30-38,44H2,1-2H3,(H,47,48)(H,49,50)/b19-17+,23-21+,29-27+/t39-,40+/m1/s1. The highest BCUT2D eigenvalue weighted by molar-refractivity contribution is 7.47. The van der Waals surface area contributed by atoms with Gasteiger partial charge < -0.3 is 25.2 Å². The highest BCUT2D eigenvalue weighted by Crippen LogP contribution is 2.43. The molecule has 0 aromatic heterocycles. The predicted octanol–water partition coefficient (Wildman–Crippen LogP) is 11.2. The molecule has 0 spiro atoms. The van der Waals surface area contributed by atoms with Gasteiger partial charge in [-0.25, -0.2) is 4.57 Å². The maximum atomic E-state index is 12.6. The monoisotopic (exact) mass is 800 g/mol. The van der Waals surface area contributed by atoms with Crippen LogP contribution in [0.1, 0.15) is 187 Å². The van der Waals surface area contributed by atoms with Crippen LogP contribution in [0.15, 0.2) is 36.5 Å². The second-order valence-corrected chi connectivity index (χ2v) is 15.9. The van der Waals surface area contributed by atoms with E-state index in [-0.39, 0.29) is 19.4 Å². The lowest BCUT2D eigenvalue weighted by molar-refractivity contribution is -0.161. The molecule has 0 aliphatic rings. The summed E-state index contributed by atoms with van der Waals surface area (Å²) in [5.74, 6) is -2.44. The number of carboxylic acid groups (broad SMARTS) is 1. The molecule has 0 aliphatic heterocycles. The molecule has 0 aromatic carbocycles. The number of allylic oxidation sites excluding steroid dienone is 6. The summed E-state index contributed by atoms with van der Waals surface area (Å²) in [5.41, 5.74) is 5.32. The molecule has 3 atom stereocenters. The van der Waals surface area contributed by atoms with Gasteiger partial charge in [-0.2, -0.15) is 0 Å². The van der Waals surface area contributed by atoms with Gasteiger partial charge in [-0.05, 0) is 44.9 Å². The average molecular weight is 800 g/mol. The number of hydrogen-bond donors (Lipinski definition) is 3. The van der Waals surface area contributed by atoms with Gasteiger partial charge in [0.05, 0.1) is 13.2 Å². The molecule has 0 saturated heterocycles. The van der Waals surface area contributed by atoms with E-state index in [0.717, 1.165) is 38.5 Å². The number of rotatable bonds is 40. The van der Waals surface area contributed by atoms with Crippen molar-refractivity contribution in [3.63, 3.8) is 0 Å². The molecule has 0 heterocycles. The first-order chi connectivity index (χ1) is 26.6. The van der Waals surface area contributed by atoms with Crippen molar-refractivity contribution in [1.29, 1.82) is 0 Å². The minimum absolute atomic E-state index is 0.0911. The van der Waals surface area contributed by atoms with Crippen molar-refractivity contribution >= 4 is 25.7 Å². The van der Waals surface area contributed by atoms with Crippen LogP contribution in [-0.4, -0.2) is 59.9 Å². The number of carboxylic acids is 1. The molecule has 1 unspecified atom stereocenters. The maximum absolute atomic E-state index is 12.6. The lowest BCUT2D eigenvalue weighted by Crippen LogP contribution is -2.34. The molecule has 11 nitrogen and oxygen atoms in total. The van der Waals surface area contributed by atoms with E-state index in [2.05, 4.69) is 42.7 Å². The van der Waals surface area contributed by atoms with Crippen molar-refractivity contribution in [2.24, 2.45) is 5.73 Å². The van der Waals surface area contributed by atoms with E-state index in [1.165, 1.54) is 103 Å². The van der Waals surface area contributed by atoms with Crippen LogP contribution in [0.25, 0.3) is 0 Å². The summed E-state index contributed by atoms with van der Waals surface area (Å²) in [7, 11) is -4.73. The van der Waals surface area contributed by atoms with Crippen LogP contribution < -0.4 is 5.73 Å². The fraction of sp³-hybridized carbons (Fsp3) is 0.791. The van der Waals surface area contributed by atoms with Gasteiger partial charge in [0.1, 0.15) is 12.6 Å². The Kier molecular flexibility index (Phi) is 37.0. The number of carbonyl (C=O) groups is 3. The second-order valence-electron chi connectivity index (χ2n) is 14.5. The van der Waals surface area contributed by atoms with Crippen LogP contribution in [0, 0.1) is 0 Å². The Morgan fingerprint density at radius 1 is 0.564 bits per heavy atom. The van der Waals surface area contributed by atoms with E-state index in [4.69, 9.17) is 24.8 Å². The van der Waals surface area contributed by atoms with E-state index in [1.54, 1.807) is 0 Å². The normalized spacial score (nSPS) is 14.1. The Bertz CT molecular complexity index is 1080. The van der Waals surface area contributed by atoms with Crippen molar-refractivity contribution in [3.05, 3.63) is 36.5 Å². The summed E-state index contributed by atoms with van der Waals surface area (Å²) in [4.78, 5) is 45.9. The Morgan fingerprint density at radius 3 is 1.49 bits per heavy atom. The molecule has 0 rings (SSSR count). The Hall–Kier alpha value is -2.30. The lowest BCUT2D eigenvalue weighted by atomic mass is 10.0. The molecule has 0 saturated carbocycles. The second kappa shape index (κ2) is 38.6.